The molecule has 0 bridgehead atoms. The Hall–Kier alpha value is -1.97. The monoisotopic (exact) mass is 206 g/mol. The molecule has 1 heterocycles. The number of fused-ring (bicyclic) bond motifs is 1. The van der Waals surface area contributed by atoms with Gasteiger partial charge in [0.15, 0.2) is 17.1 Å². The fourth-order valence-corrected chi connectivity index (χ4v) is 1.40. The summed E-state index contributed by atoms with van der Waals surface area (Å²) in [4.78, 5) is 10.8. The lowest BCUT2D eigenvalue weighted by Crippen LogP contribution is -2.00. The van der Waals surface area contributed by atoms with Crippen molar-refractivity contribution in [2.24, 2.45) is 0 Å². The first-order chi connectivity index (χ1) is 7.22. The van der Waals surface area contributed by atoms with Gasteiger partial charge in [0.1, 0.15) is 6.26 Å². The van der Waals surface area contributed by atoms with Crippen molar-refractivity contribution >= 4 is 16.9 Å². The molecule has 0 aliphatic heterocycles. The highest BCUT2D eigenvalue weighted by Gasteiger charge is 2.12. The highest BCUT2D eigenvalue weighted by molar-refractivity contribution is 5.90. The number of methoxy groups -OCH3 is 1. The molecule has 0 aliphatic carbocycles. The minimum absolute atomic E-state index is 0.375. The molecule has 0 aliphatic rings. The van der Waals surface area contributed by atoms with E-state index in [1.165, 1.54) is 13.2 Å². The van der Waals surface area contributed by atoms with Gasteiger partial charge < -0.3 is 13.9 Å². The van der Waals surface area contributed by atoms with Crippen LogP contribution in [-0.2, 0) is 4.79 Å². The quantitative estimate of drug-likeness (QED) is 0.708. The van der Waals surface area contributed by atoms with E-state index in [2.05, 4.69) is 0 Å². The maximum atomic E-state index is 10.8. The van der Waals surface area contributed by atoms with Gasteiger partial charge in [0, 0.05) is 6.92 Å². The fraction of sp³-hybridized carbons (Fsp3) is 0.182. The van der Waals surface area contributed by atoms with Crippen molar-refractivity contribution in [3.05, 3.63) is 24.5 Å². The number of ether oxygens (including phenoxy) is 2. The summed E-state index contributed by atoms with van der Waals surface area (Å²) in [6, 6.07) is 5.40. The molecule has 0 unspecified atom stereocenters. The number of hydrogen-bond donors (Lipinski definition) is 0. The topological polar surface area (TPSA) is 48.7 Å². The maximum Gasteiger partial charge on any atom is 0.308 e. The van der Waals surface area contributed by atoms with Gasteiger partial charge in [0.05, 0.1) is 12.5 Å². The van der Waals surface area contributed by atoms with Crippen molar-refractivity contribution in [3.8, 4) is 11.5 Å². The van der Waals surface area contributed by atoms with Crippen molar-refractivity contribution < 1.29 is 18.7 Å². The molecule has 1 aromatic carbocycles. The van der Waals surface area contributed by atoms with Crippen LogP contribution in [0.2, 0.25) is 0 Å². The normalized spacial score (nSPS) is 10.3. The van der Waals surface area contributed by atoms with Crippen LogP contribution in [0.4, 0.5) is 0 Å². The van der Waals surface area contributed by atoms with E-state index in [1.807, 2.05) is 6.07 Å². The third kappa shape index (κ3) is 1.66. The van der Waals surface area contributed by atoms with Crippen molar-refractivity contribution in [2.45, 2.75) is 6.92 Å². The Morgan fingerprint density at radius 3 is 2.80 bits per heavy atom. The number of carbonyl (C=O) groups is 1. The summed E-state index contributed by atoms with van der Waals surface area (Å²) in [6.07, 6.45) is 1.40. The van der Waals surface area contributed by atoms with E-state index in [-0.39, 0.29) is 5.97 Å². The molecular weight excluding hydrogens is 196 g/mol. The van der Waals surface area contributed by atoms with Crippen LogP contribution in [0.3, 0.4) is 0 Å². The second kappa shape index (κ2) is 3.65. The maximum absolute atomic E-state index is 10.8. The number of carbonyl (C=O) groups excluding carboxylic acids is 1. The number of rotatable bonds is 2. The molecule has 4 nitrogen and oxygen atoms in total. The Kier molecular flexibility index (Phi) is 2.33. The highest BCUT2D eigenvalue weighted by Crippen LogP contribution is 2.33. The molecule has 0 radical (unpaired) electrons. The van der Waals surface area contributed by atoms with Gasteiger partial charge in [-0.15, -0.1) is 0 Å². The highest BCUT2D eigenvalue weighted by atomic mass is 16.5. The van der Waals surface area contributed by atoms with E-state index in [4.69, 9.17) is 13.9 Å². The average molecular weight is 206 g/mol. The summed E-state index contributed by atoms with van der Waals surface area (Å²) >= 11 is 0. The van der Waals surface area contributed by atoms with E-state index in [1.54, 1.807) is 19.2 Å². The zero-order valence-corrected chi connectivity index (χ0v) is 8.44. The molecule has 78 valence electrons. The van der Waals surface area contributed by atoms with Gasteiger partial charge in [0.2, 0.25) is 0 Å². The van der Waals surface area contributed by atoms with Crippen molar-refractivity contribution in [1.29, 1.82) is 0 Å². The molecule has 0 atom stereocenters. The van der Waals surface area contributed by atoms with Crippen LogP contribution in [0.25, 0.3) is 11.0 Å². The van der Waals surface area contributed by atoms with Crippen LogP contribution in [-0.4, -0.2) is 13.1 Å². The molecule has 2 rings (SSSR count). The van der Waals surface area contributed by atoms with E-state index >= 15 is 0 Å². The molecular formula is C11H10O4. The number of furan rings is 1. The van der Waals surface area contributed by atoms with Crippen LogP contribution < -0.4 is 9.47 Å². The molecule has 0 saturated heterocycles. The predicted octanol–water partition coefficient (Wildman–Crippen LogP) is 2.37. The lowest BCUT2D eigenvalue weighted by atomic mass is 10.2. The molecule has 0 saturated carbocycles. The summed E-state index contributed by atoms with van der Waals surface area (Å²) in [5.74, 6) is 0.655. The van der Waals surface area contributed by atoms with Crippen molar-refractivity contribution in [1.82, 2.24) is 0 Å². The Morgan fingerprint density at radius 1 is 1.33 bits per heavy atom. The lowest BCUT2D eigenvalue weighted by Gasteiger charge is -2.00. The summed E-state index contributed by atoms with van der Waals surface area (Å²) in [7, 11) is 1.56. The fourth-order valence-electron chi connectivity index (χ4n) is 1.40. The van der Waals surface area contributed by atoms with Crippen LogP contribution in [0, 0.1) is 0 Å². The molecule has 4 heteroatoms. The van der Waals surface area contributed by atoms with Gasteiger partial charge in [-0.1, -0.05) is 6.07 Å². The predicted molar refractivity (Wildman–Crippen MR) is 54.1 cm³/mol. The molecule has 0 spiro atoms. The minimum Gasteiger partial charge on any atom is -0.493 e. The third-order valence-corrected chi connectivity index (χ3v) is 2.00. The van der Waals surface area contributed by atoms with Crippen molar-refractivity contribution in [2.75, 3.05) is 7.11 Å². The number of esters is 1. The average Bonchev–Trinajstić information content (AvgIpc) is 2.61. The molecule has 0 amide bonds. The van der Waals surface area contributed by atoms with Gasteiger partial charge in [-0.3, -0.25) is 4.79 Å². The van der Waals surface area contributed by atoms with Crippen molar-refractivity contribution in [3.63, 3.8) is 0 Å². The zero-order chi connectivity index (χ0) is 10.8. The zero-order valence-electron chi connectivity index (χ0n) is 8.44. The third-order valence-electron chi connectivity index (χ3n) is 2.00. The van der Waals surface area contributed by atoms with Gasteiger partial charge in [-0.25, -0.2) is 0 Å². The van der Waals surface area contributed by atoms with E-state index in [9.17, 15) is 4.79 Å². The largest absolute Gasteiger partial charge is 0.493 e. The van der Waals surface area contributed by atoms with Gasteiger partial charge in [0.25, 0.3) is 0 Å². The summed E-state index contributed by atoms with van der Waals surface area (Å²) in [6.45, 7) is 1.35. The number of benzene rings is 1. The number of hydrogen-bond acceptors (Lipinski definition) is 4. The van der Waals surface area contributed by atoms with Gasteiger partial charge >= 0.3 is 5.97 Å². The van der Waals surface area contributed by atoms with Crippen LogP contribution in [0.15, 0.2) is 28.9 Å². The van der Waals surface area contributed by atoms with E-state index in [0.29, 0.717) is 17.1 Å². The molecule has 0 fully saturated rings. The first kappa shape index (κ1) is 9.58. The molecule has 2 aromatic rings. The SMILES string of the molecule is COc1cccc2c(OC(C)=O)coc12. The second-order valence-electron chi connectivity index (χ2n) is 3.03. The Balaban J connectivity index is 2.55. The Labute approximate surface area is 86.4 Å². The van der Waals surface area contributed by atoms with E-state index in [0.717, 1.165) is 5.39 Å². The van der Waals surface area contributed by atoms with Gasteiger partial charge in [-0.05, 0) is 12.1 Å². The number of para-hydroxylation sites is 1. The van der Waals surface area contributed by atoms with E-state index < -0.39 is 0 Å². The van der Waals surface area contributed by atoms with Crippen LogP contribution >= 0.6 is 0 Å². The Morgan fingerprint density at radius 2 is 2.13 bits per heavy atom. The lowest BCUT2D eigenvalue weighted by molar-refractivity contribution is -0.131. The standard InChI is InChI=1S/C11H10O4/c1-7(12)15-10-6-14-11-8(10)4-3-5-9(11)13-2/h3-6H,1-2H3. The van der Waals surface area contributed by atoms with Gasteiger partial charge in [-0.2, -0.15) is 0 Å². The minimum atomic E-state index is -0.375. The van der Waals surface area contributed by atoms with Crippen LogP contribution in [0.5, 0.6) is 11.5 Å². The Bertz CT molecular complexity index is 498. The second-order valence-corrected chi connectivity index (χ2v) is 3.03. The summed E-state index contributed by atoms with van der Waals surface area (Å²) < 4.78 is 15.4. The first-order valence-electron chi connectivity index (χ1n) is 4.45. The molecule has 0 N–H and O–H groups in total. The molecule has 15 heavy (non-hydrogen) atoms. The van der Waals surface area contributed by atoms with Crippen LogP contribution in [0.1, 0.15) is 6.92 Å². The summed E-state index contributed by atoms with van der Waals surface area (Å²) in [5, 5.41) is 0.726. The molecule has 1 aromatic heterocycles. The first-order valence-corrected chi connectivity index (χ1v) is 4.45. The smallest absolute Gasteiger partial charge is 0.308 e. The summed E-state index contributed by atoms with van der Waals surface area (Å²) in [5.41, 5.74) is 0.580.